The molecule has 0 aliphatic rings. The van der Waals surface area contributed by atoms with Crippen LogP contribution in [0.25, 0.3) is 0 Å². The van der Waals surface area contributed by atoms with E-state index in [0.717, 1.165) is 0 Å². The van der Waals surface area contributed by atoms with Crippen LogP contribution in [-0.4, -0.2) is 24.4 Å². The van der Waals surface area contributed by atoms with E-state index in [4.69, 9.17) is 4.74 Å². The first-order valence-corrected chi connectivity index (χ1v) is 5.33. The fourth-order valence-corrected chi connectivity index (χ4v) is 1.28. The highest BCUT2D eigenvalue weighted by atomic mass is 19.3. The van der Waals surface area contributed by atoms with Crippen molar-refractivity contribution in [2.75, 3.05) is 6.61 Å². The van der Waals surface area contributed by atoms with E-state index in [1.807, 2.05) is 13.8 Å². The van der Waals surface area contributed by atoms with Crippen molar-refractivity contribution in [3.63, 3.8) is 0 Å². The van der Waals surface area contributed by atoms with Gasteiger partial charge in [-0.2, -0.15) is 8.78 Å². The number of alkyl halides is 2. The first-order chi connectivity index (χ1) is 7.99. The third-order valence-corrected chi connectivity index (χ3v) is 2.06. The molecule has 1 aromatic rings. The molecule has 0 radical (unpaired) electrons. The van der Waals surface area contributed by atoms with Gasteiger partial charge < -0.3 is 14.6 Å². The fraction of sp³-hybridized carbons (Fsp3) is 0.500. The summed E-state index contributed by atoms with van der Waals surface area (Å²) >= 11 is 0. The van der Waals surface area contributed by atoms with Crippen LogP contribution < -0.4 is 4.74 Å². The number of ether oxygens (including phenoxy) is 2. The van der Waals surface area contributed by atoms with Gasteiger partial charge in [0.2, 0.25) is 0 Å². The van der Waals surface area contributed by atoms with Gasteiger partial charge in [-0.1, -0.05) is 12.1 Å². The second-order valence-corrected chi connectivity index (χ2v) is 3.85. The molecule has 1 aromatic carbocycles. The van der Waals surface area contributed by atoms with Crippen molar-refractivity contribution in [3.05, 3.63) is 29.8 Å². The molecule has 17 heavy (non-hydrogen) atoms. The van der Waals surface area contributed by atoms with Crippen molar-refractivity contribution in [3.8, 4) is 5.75 Å². The third kappa shape index (κ3) is 5.10. The number of halogens is 2. The molecule has 0 saturated carbocycles. The molecule has 0 fully saturated rings. The van der Waals surface area contributed by atoms with Gasteiger partial charge in [-0.15, -0.1) is 0 Å². The maximum atomic E-state index is 12.0. The van der Waals surface area contributed by atoms with E-state index in [1.54, 1.807) is 12.1 Å². The van der Waals surface area contributed by atoms with E-state index in [9.17, 15) is 13.9 Å². The van der Waals surface area contributed by atoms with E-state index in [-0.39, 0.29) is 18.5 Å². The van der Waals surface area contributed by atoms with E-state index in [2.05, 4.69) is 4.74 Å². The van der Waals surface area contributed by atoms with Gasteiger partial charge in [0.05, 0.1) is 12.7 Å². The molecule has 0 heterocycles. The quantitative estimate of drug-likeness (QED) is 0.838. The van der Waals surface area contributed by atoms with E-state index in [0.29, 0.717) is 5.56 Å². The molecule has 0 saturated heterocycles. The maximum absolute atomic E-state index is 12.0. The highest BCUT2D eigenvalue weighted by molar-refractivity contribution is 5.29. The Morgan fingerprint density at radius 2 is 2.00 bits per heavy atom. The van der Waals surface area contributed by atoms with Gasteiger partial charge in [-0.3, -0.25) is 0 Å². The van der Waals surface area contributed by atoms with Crippen molar-refractivity contribution in [2.45, 2.75) is 32.7 Å². The molecule has 96 valence electrons. The van der Waals surface area contributed by atoms with Gasteiger partial charge in [0.15, 0.2) is 0 Å². The Hall–Kier alpha value is -1.20. The van der Waals surface area contributed by atoms with Gasteiger partial charge in [-0.25, -0.2) is 0 Å². The highest BCUT2D eigenvalue weighted by Crippen LogP contribution is 2.21. The molecule has 3 nitrogen and oxygen atoms in total. The maximum Gasteiger partial charge on any atom is 0.387 e. The van der Waals surface area contributed by atoms with Crippen LogP contribution in [0.5, 0.6) is 5.75 Å². The molecular formula is C12H16F2O3. The lowest BCUT2D eigenvalue weighted by Crippen LogP contribution is -2.12. The topological polar surface area (TPSA) is 38.7 Å². The summed E-state index contributed by atoms with van der Waals surface area (Å²) in [5, 5.41) is 9.76. The summed E-state index contributed by atoms with van der Waals surface area (Å²) in [5.74, 6) is 0.0288. The van der Waals surface area contributed by atoms with Crippen LogP contribution in [0.4, 0.5) is 8.78 Å². The fourth-order valence-electron chi connectivity index (χ4n) is 1.28. The highest BCUT2D eigenvalue weighted by Gasteiger charge is 2.11. The number of hydrogen-bond acceptors (Lipinski definition) is 3. The Kier molecular flexibility index (Phi) is 5.31. The van der Waals surface area contributed by atoms with E-state index >= 15 is 0 Å². The first-order valence-electron chi connectivity index (χ1n) is 5.33. The number of rotatable bonds is 6. The second kappa shape index (κ2) is 6.51. The zero-order chi connectivity index (χ0) is 12.8. The van der Waals surface area contributed by atoms with Crippen LogP contribution in [-0.2, 0) is 4.74 Å². The lowest BCUT2D eigenvalue weighted by atomic mass is 10.1. The monoisotopic (exact) mass is 246 g/mol. The van der Waals surface area contributed by atoms with Crippen LogP contribution in [0.15, 0.2) is 24.3 Å². The molecule has 1 atom stereocenters. The second-order valence-electron chi connectivity index (χ2n) is 3.85. The van der Waals surface area contributed by atoms with Gasteiger partial charge >= 0.3 is 6.61 Å². The standard InChI is InChI=1S/C12H16F2O3/c1-8(2)16-7-11(15)9-4-3-5-10(6-9)17-12(13)14/h3-6,8,11-12,15H,7H2,1-2H3. The summed E-state index contributed by atoms with van der Waals surface area (Å²) in [5.41, 5.74) is 0.490. The van der Waals surface area contributed by atoms with Crippen LogP contribution in [0.1, 0.15) is 25.5 Å². The molecule has 0 amide bonds. The molecule has 1 unspecified atom stereocenters. The molecule has 0 spiro atoms. The Bertz CT molecular complexity index is 342. The largest absolute Gasteiger partial charge is 0.435 e. The van der Waals surface area contributed by atoms with E-state index in [1.165, 1.54) is 12.1 Å². The van der Waals surface area contributed by atoms with Crippen molar-refractivity contribution in [2.24, 2.45) is 0 Å². The summed E-state index contributed by atoms with van der Waals surface area (Å²) in [6, 6.07) is 5.96. The minimum atomic E-state index is -2.87. The Morgan fingerprint density at radius 3 is 2.59 bits per heavy atom. The Morgan fingerprint density at radius 1 is 1.29 bits per heavy atom. The Labute approximate surface area is 99.0 Å². The minimum absolute atomic E-state index is 0.00477. The van der Waals surface area contributed by atoms with Crippen LogP contribution in [0.2, 0.25) is 0 Å². The zero-order valence-electron chi connectivity index (χ0n) is 9.77. The average Bonchev–Trinajstić information content (AvgIpc) is 2.25. The van der Waals surface area contributed by atoms with Crippen LogP contribution in [0.3, 0.4) is 0 Å². The van der Waals surface area contributed by atoms with Crippen LogP contribution >= 0.6 is 0 Å². The minimum Gasteiger partial charge on any atom is -0.435 e. The average molecular weight is 246 g/mol. The summed E-state index contributed by atoms with van der Waals surface area (Å²) < 4.78 is 33.5. The first kappa shape index (κ1) is 13.9. The molecule has 0 aromatic heterocycles. The molecule has 1 rings (SSSR count). The molecular weight excluding hydrogens is 230 g/mol. The predicted molar refractivity (Wildman–Crippen MR) is 59.1 cm³/mol. The zero-order valence-corrected chi connectivity index (χ0v) is 9.77. The summed E-state index contributed by atoms with van der Waals surface area (Å²) in [4.78, 5) is 0. The van der Waals surface area contributed by atoms with Crippen molar-refractivity contribution in [1.29, 1.82) is 0 Å². The number of benzene rings is 1. The summed E-state index contributed by atoms with van der Waals surface area (Å²) in [7, 11) is 0. The normalized spacial score (nSPS) is 13.1. The third-order valence-electron chi connectivity index (χ3n) is 2.06. The van der Waals surface area contributed by atoms with Crippen LogP contribution in [0, 0.1) is 0 Å². The molecule has 1 N–H and O–H groups in total. The molecule has 0 bridgehead atoms. The SMILES string of the molecule is CC(C)OCC(O)c1cccc(OC(F)F)c1. The van der Waals surface area contributed by atoms with Crippen molar-refractivity contribution >= 4 is 0 Å². The van der Waals surface area contributed by atoms with Gasteiger partial charge in [0, 0.05) is 0 Å². The summed E-state index contributed by atoms with van der Waals surface area (Å²) in [6.07, 6.45) is -0.844. The number of aliphatic hydroxyl groups is 1. The van der Waals surface area contributed by atoms with Gasteiger partial charge in [0.25, 0.3) is 0 Å². The number of aliphatic hydroxyl groups excluding tert-OH is 1. The lowest BCUT2D eigenvalue weighted by molar-refractivity contribution is -0.0501. The van der Waals surface area contributed by atoms with Gasteiger partial charge in [-0.05, 0) is 31.5 Å². The van der Waals surface area contributed by atoms with Crippen molar-refractivity contribution in [1.82, 2.24) is 0 Å². The van der Waals surface area contributed by atoms with Gasteiger partial charge in [0.1, 0.15) is 11.9 Å². The van der Waals surface area contributed by atoms with Crippen molar-refractivity contribution < 1.29 is 23.4 Å². The predicted octanol–water partition coefficient (Wildman–Crippen LogP) is 2.75. The lowest BCUT2D eigenvalue weighted by Gasteiger charge is -2.14. The smallest absolute Gasteiger partial charge is 0.387 e. The molecule has 0 aliphatic carbocycles. The molecule has 5 heteroatoms. The Balaban J connectivity index is 2.63. The van der Waals surface area contributed by atoms with E-state index < -0.39 is 12.7 Å². The molecule has 0 aliphatic heterocycles. The number of hydrogen-bond donors (Lipinski definition) is 1. The summed E-state index contributed by atoms with van der Waals surface area (Å²) in [6.45, 7) is 0.955.